The molecule has 0 saturated carbocycles. The van der Waals surface area contributed by atoms with Crippen molar-refractivity contribution < 1.29 is 0 Å². The molecule has 4 rings (SSSR count). The van der Waals surface area contributed by atoms with Crippen molar-refractivity contribution in [1.82, 2.24) is 34.2 Å². The van der Waals surface area contributed by atoms with Crippen molar-refractivity contribution in [3.05, 3.63) is 36.5 Å². The number of nitrogens with zero attached hydrogens (tertiary/aromatic N) is 7. The van der Waals surface area contributed by atoms with E-state index in [0.29, 0.717) is 17.4 Å². The summed E-state index contributed by atoms with van der Waals surface area (Å²) < 4.78 is 3.41. The van der Waals surface area contributed by atoms with Crippen LogP contribution in [0.3, 0.4) is 0 Å². The first-order chi connectivity index (χ1) is 10.6. The molecule has 0 radical (unpaired) electrons. The van der Waals surface area contributed by atoms with E-state index < -0.39 is 0 Å². The summed E-state index contributed by atoms with van der Waals surface area (Å²) in [5.74, 6) is 0.697. The van der Waals surface area contributed by atoms with Crippen molar-refractivity contribution >= 4 is 17.1 Å². The second kappa shape index (κ2) is 4.48. The quantitative estimate of drug-likeness (QED) is 0.602. The number of imidazole rings is 1. The molecule has 8 nitrogen and oxygen atoms in total. The summed E-state index contributed by atoms with van der Waals surface area (Å²) in [6.07, 6.45) is 4.98. The molecule has 4 heterocycles. The molecule has 0 aromatic carbocycles. The molecule has 2 N–H and O–H groups in total. The Kier molecular flexibility index (Phi) is 2.59. The smallest absolute Gasteiger partial charge is 0.197 e. The molecule has 0 unspecified atom stereocenters. The van der Waals surface area contributed by atoms with Crippen LogP contribution in [0, 0.1) is 0 Å². The Balaban J connectivity index is 1.90. The van der Waals surface area contributed by atoms with E-state index in [-0.39, 0.29) is 0 Å². The molecule has 0 spiro atoms. The first-order valence-electron chi connectivity index (χ1n) is 6.94. The third-order valence-electron chi connectivity index (χ3n) is 3.53. The van der Waals surface area contributed by atoms with Gasteiger partial charge in [0.05, 0.1) is 17.6 Å². The molecule has 8 heteroatoms. The normalized spacial score (nSPS) is 11.8. The lowest BCUT2D eigenvalue weighted by Gasteiger charge is -2.01. The van der Waals surface area contributed by atoms with Crippen molar-refractivity contribution in [1.29, 1.82) is 0 Å². The molecule has 0 saturated heterocycles. The largest absolute Gasteiger partial charge is 0.381 e. The van der Waals surface area contributed by atoms with Gasteiger partial charge in [-0.2, -0.15) is 10.2 Å². The molecule has 0 atom stereocenters. The van der Waals surface area contributed by atoms with Gasteiger partial charge in [-0.1, -0.05) is 13.8 Å². The fourth-order valence-corrected chi connectivity index (χ4v) is 2.33. The first-order valence-corrected chi connectivity index (χ1v) is 6.94. The Morgan fingerprint density at radius 3 is 2.91 bits per heavy atom. The highest BCUT2D eigenvalue weighted by atomic mass is 15.3. The van der Waals surface area contributed by atoms with Crippen LogP contribution in [-0.2, 0) is 0 Å². The van der Waals surface area contributed by atoms with Crippen molar-refractivity contribution in [3.63, 3.8) is 0 Å². The second-order valence-electron chi connectivity index (χ2n) is 5.36. The summed E-state index contributed by atoms with van der Waals surface area (Å²) in [4.78, 5) is 12.8. The SMILES string of the molecule is CC(C)c1cc2nc(-c3cnc4c(N)ncnn34)ccn2n1. The summed E-state index contributed by atoms with van der Waals surface area (Å²) in [5, 5.41) is 8.69. The maximum atomic E-state index is 5.81. The molecule has 0 aliphatic heterocycles. The minimum Gasteiger partial charge on any atom is -0.381 e. The van der Waals surface area contributed by atoms with Crippen molar-refractivity contribution in [3.8, 4) is 11.4 Å². The van der Waals surface area contributed by atoms with Gasteiger partial charge in [-0.3, -0.25) is 0 Å². The van der Waals surface area contributed by atoms with Crippen LogP contribution in [-0.4, -0.2) is 34.2 Å². The van der Waals surface area contributed by atoms with E-state index in [1.165, 1.54) is 6.33 Å². The molecule has 4 aromatic rings. The van der Waals surface area contributed by atoms with Crippen LogP contribution >= 0.6 is 0 Å². The Morgan fingerprint density at radius 2 is 2.09 bits per heavy atom. The maximum Gasteiger partial charge on any atom is 0.197 e. The molecule has 4 aromatic heterocycles. The zero-order valence-corrected chi connectivity index (χ0v) is 12.2. The van der Waals surface area contributed by atoms with Gasteiger partial charge in [0.1, 0.15) is 12.0 Å². The highest BCUT2D eigenvalue weighted by Gasteiger charge is 2.13. The van der Waals surface area contributed by atoms with Crippen LogP contribution in [0.15, 0.2) is 30.9 Å². The Hall–Kier alpha value is -3.03. The molecular weight excluding hydrogens is 280 g/mol. The van der Waals surface area contributed by atoms with E-state index >= 15 is 0 Å². The summed E-state index contributed by atoms with van der Waals surface area (Å²) in [5.41, 5.74) is 9.65. The Bertz CT molecular complexity index is 981. The monoisotopic (exact) mass is 294 g/mol. The van der Waals surface area contributed by atoms with Gasteiger partial charge >= 0.3 is 0 Å². The van der Waals surface area contributed by atoms with E-state index in [9.17, 15) is 0 Å². The average molecular weight is 294 g/mol. The second-order valence-corrected chi connectivity index (χ2v) is 5.36. The molecular formula is C14H14N8. The Labute approximate surface area is 125 Å². The average Bonchev–Trinajstić information content (AvgIpc) is 3.11. The molecule has 110 valence electrons. The molecule has 0 amide bonds. The van der Waals surface area contributed by atoms with E-state index in [4.69, 9.17) is 5.73 Å². The van der Waals surface area contributed by atoms with Gasteiger partial charge in [-0.05, 0) is 12.0 Å². The van der Waals surface area contributed by atoms with Gasteiger partial charge < -0.3 is 5.73 Å². The third kappa shape index (κ3) is 1.80. The van der Waals surface area contributed by atoms with Crippen molar-refractivity contribution in [2.24, 2.45) is 0 Å². The number of fused-ring (bicyclic) bond motifs is 2. The van der Waals surface area contributed by atoms with Crippen LogP contribution in [0.1, 0.15) is 25.5 Å². The van der Waals surface area contributed by atoms with Crippen LogP contribution in [0.5, 0.6) is 0 Å². The number of rotatable bonds is 2. The van der Waals surface area contributed by atoms with Crippen LogP contribution in [0.2, 0.25) is 0 Å². The van der Waals surface area contributed by atoms with Gasteiger partial charge in [0.2, 0.25) is 0 Å². The predicted molar refractivity (Wildman–Crippen MR) is 81.3 cm³/mol. The van der Waals surface area contributed by atoms with Gasteiger partial charge in [0, 0.05) is 12.3 Å². The molecule has 0 aliphatic carbocycles. The lowest BCUT2D eigenvalue weighted by Crippen LogP contribution is -2.01. The lowest BCUT2D eigenvalue weighted by atomic mass is 10.1. The van der Waals surface area contributed by atoms with E-state index in [1.54, 1.807) is 15.2 Å². The minimum atomic E-state index is 0.341. The maximum absolute atomic E-state index is 5.81. The molecule has 0 aliphatic rings. The number of aromatic nitrogens is 7. The van der Waals surface area contributed by atoms with E-state index in [0.717, 1.165) is 22.7 Å². The predicted octanol–water partition coefficient (Wildman–Crippen LogP) is 1.54. The summed E-state index contributed by atoms with van der Waals surface area (Å²) in [6, 6.07) is 3.87. The number of nitrogens with two attached hydrogens (primary N) is 1. The number of hydrogen-bond donors (Lipinski definition) is 1. The number of nitrogen functional groups attached to an aromatic ring is 1. The topological polar surface area (TPSA) is 99.3 Å². The Morgan fingerprint density at radius 1 is 1.23 bits per heavy atom. The fraction of sp³-hybridized carbons (Fsp3) is 0.214. The van der Waals surface area contributed by atoms with E-state index in [1.807, 2.05) is 18.3 Å². The van der Waals surface area contributed by atoms with Crippen LogP contribution in [0.25, 0.3) is 22.7 Å². The van der Waals surface area contributed by atoms with Gasteiger partial charge in [0.25, 0.3) is 0 Å². The lowest BCUT2D eigenvalue weighted by molar-refractivity contribution is 0.786. The van der Waals surface area contributed by atoms with Gasteiger partial charge in [0.15, 0.2) is 17.1 Å². The van der Waals surface area contributed by atoms with E-state index in [2.05, 4.69) is 39.0 Å². The first kappa shape index (κ1) is 12.7. The summed E-state index contributed by atoms with van der Waals surface area (Å²) in [6.45, 7) is 4.21. The highest BCUT2D eigenvalue weighted by molar-refractivity contribution is 5.67. The summed E-state index contributed by atoms with van der Waals surface area (Å²) >= 11 is 0. The highest BCUT2D eigenvalue weighted by Crippen LogP contribution is 2.21. The minimum absolute atomic E-state index is 0.341. The standard InChI is InChI=1S/C14H14N8/c1-8(2)10-5-12-19-9(3-4-21(12)20-10)11-6-16-14-13(15)17-7-18-22(11)14/h3-8H,1-2H3,(H2,15,17,18). The van der Waals surface area contributed by atoms with Gasteiger partial charge in [-0.25, -0.2) is 24.0 Å². The van der Waals surface area contributed by atoms with Crippen molar-refractivity contribution in [2.45, 2.75) is 19.8 Å². The number of anilines is 1. The molecule has 22 heavy (non-hydrogen) atoms. The summed E-state index contributed by atoms with van der Waals surface area (Å²) in [7, 11) is 0. The fourth-order valence-electron chi connectivity index (χ4n) is 2.33. The molecule has 0 fully saturated rings. The van der Waals surface area contributed by atoms with Crippen LogP contribution < -0.4 is 5.73 Å². The van der Waals surface area contributed by atoms with Gasteiger partial charge in [-0.15, -0.1) is 0 Å². The molecule has 0 bridgehead atoms. The zero-order valence-electron chi connectivity index (χ0n) is 12.2. The zero-order chi connectivity index (χ0) is 15.3. The number of hydrogen-bond acceptors (Lipinski definition) is 6. The third-order valence-corrected chi connectivity index (χ3v) is 3.53. The van der Waals surface area contributed by atoms with Crippen molar-refractivity contribution in [2.75, 3.05) is 5.73 Å². The van der Waals surface area contributed by atoms with Crippen LogP contribution in [0.4, 0.5) is 5.82 Å².